The molecular weight excluding hydrogens is 282 g/mol. The average molecular weight is 293 g/mol. The van der Waals surface area contributed by atoms with Crippen LogP contribution in [-0.2, 0) is 16.0 Å². The van der Waals surface area contributed by atoms with E-state index in [1.165, 1.54) is 36.8 Å². The van der Waals surface area contributed by atoms with Gasteiger partial charge in [-0.3, -0.25) is 19.7 Å². The summed E-state index contributed by atoms with van der Waals surface area (Å²) in [5, 5.41) is 4.62. The Kier molecular flexibility index (Phi) is 4.26. The molecule has 2 aromatic rings. The number of anilines is 1. The van der Waals surface area contributed by atoms with Gasteiger partial charge in [-0.05, 0) is 6.07 Å². The number of H-pyrrole nitrogens is 1. The second-order valence-electron chi connectivity index (χ2n) is 3.79. The number of methoxy groups -OCH3 is 1. The lowest BCUT2D eigenvalue weighted by molar-refractivity contribution is -0.139. The Morgan fingerprint density at radius 3 is 2.90 bits per heavy atom. The van der Waals surface area contributed by atoms with Crippen molar-refractivity contribution in [3.8, 4) is 0 Å². The van der Waals surface area contributed by atoms with E-state index in [2.05, 4.69) is 20.0 Å². The van der Waals surface area contributed by atoms with Gasteiger partial charge in [-0.25, -0.2) is 4.98 Å². The molecule has 1 amide bonds. The third-order valence-corrected chi connectivity index (χ3v) is 3.18. The lowest BCUT2D eigenvalue weighted by Crippen LogP contribution is -2.14. The van der Waals surface area contributed by atoms with E-state index in [0.29, 0.717) is 16.4 Å². The number of ether oxygens (including phenoxy) is 1. The molecule has 2 aromatic heterocycles. The Morgan fingerprint density at radius 1 is 1.45 bits per heavy atom. The van der Waals surface area contributed by atoms with E-state index in [9.17, 15) is 14.4 Å². The SMILES string of the molecule is COC(=O)Cc1csc(NC(=O)c2ccc(=O)[nH]c2)n1. The molecule has 0 fully saturated rings. The number of rotatable bonds is 4. The van der Waals surface area contributed by atoms with E-state index in [1.807, 2.05) is 0 Å². The van der Waals surface area contributed by atoms with Crippen LogP contribution in [0.4, 0.5) is 5.13 Å². The van der Waals surface area contributed by atoms with Crippen LogP contribution >= 0.6 is 11.3 Å². The van der Waals surface area contributed by atoms with Gasteiger partial charge >= 0.3 is 5.97 Å². The number of thiazole rings is 1. The third kappa shape index (κ3) is 3.51. The van der Waals surface area contributed by atoms with Gasteiger partial charge < -0.3 is 9.72 Å². The first-order chi connectivity index (χ1) is 9.58. The summed E-state index contributed by atoms with van der Waals surface area (Å²) in [5.41, 5.74) is 0.559. The summed E-state index contributed by atoms with van der Waals surface area (Å²) < 4.78 is 4.53. The van der Waals surface area contributed by atoms with Gasteiger partial charge in [0.05, 0.1) is 24.8 Å². The maximum atomic E-state index is 11.9. The summed E-state index contributed by atoms with van der Waals surface area (Å²) in [5.74, 6) is -0.783. The Hall–Kier alpha value is -2.48. The molecule has 0 atom stereocenters. The van der Waals surface area contributed by atoms with E-state index in [0.717, 1.165) is 0 Å². The Bertz CT molecular complexity index is 672. The summed E-state index contributed by atoms with van der Waals surface area (Å²) >= 11 is 1.21. The normalized spacial score (nSPS) is 10.1. The van der Waals surface area contributed by atoms with Gasteiger partial charge in [0.1, 0.15) is 0 Å². The van der Waals surface area contributed by atoms with Crippen LogP contribution < -0.4 is 10.9 Å². The van der Waals surface area contributed by atoms with Gasteiger partial charge in [-0.15, -0.1) is 11.3 Å². The van der Waals surface area contributed by atoms with Crippen molar-refractivity contribution >= 4 is 28.3 Å². The zero-order valence-corrected chi connectivity index (χ0v) is 11.3. The van der Waals surface area contributed by atoms with Gasteiger partial charge in [-0.1, -0.05) is 0 Å². The molecule has 0 aliphatic carbocycles. The number of hydrogen-bond donors (Lipinski definition) is 2. The second kappa shape index (κ2) is 6.11. The maximum Gasteiger partial charge on any atom is 0.311 e. The summed E-state index contributed by atoms with van der Waals surface area (Å²) in [4.78, 5) is 40.3. The summed E-state index contributed by atoms with van der Waals surface area (Å²) in [6.45, 7) is 0. The number of carbonyl (C=O) groups is 2. The van der Waals surface area contributed by atoms with Gasteiger partial charge in [0.25, 0.3) is 5.91 Å². The standard InChI is InChI=1S/C12H11N3O4S/c1-19-10(17)4-8-6-20-12(14-8)15-11(18)7-2-3-9(16)13-5-7/h2-3,5-6H,4H2,1H3,(H,13,16)(H,14,15,18). The molecule has 0 aliphatic heterocycles. The van der Waals surface area contributed by atoms with Crippen LogP contribution in [0.5, 0.6) is 0 Å². The highest BCUT2D eigenvalue weighted by atomic mass is 32.1. The first kappa shape index (κ1) is 13.9. The highest BCUT2D eigenvalue weighted by Gasteiger charge is 2.11. The third-order valence-electron chi connectivity index (χ3n) is 2.37. The quantitative estimate of drug-likeness (QED) is 0.812. The molecule has 0 saturated carbocycles. The number of nitrogens with zero attached hydrogens (tertiary/aromatic N) is 1. The summed E-state index contributed by atoms with van der Waals surface area (Å²) in [6, 6.07) is 2.68. The second-order valence-corrected chi connectivity index (χ2v) is 4.65. The van der Waals surface area contributed by atoms with Crippen molar-refractivity contribution < 1.29 is 14.3 Å². The molecule has 8 heteroatoms. The summed E-state index contributed by atoms with van der Waals surface area (Å²) in [7, 11) is 1.30. The lowest BCUT2D eigenvalue weighted by Gasteiger charge is -2.00. The molecule has 0 spiro atoms. The van der Waals surface area contributed by atoms with E-state index >= 15 is 0 Å². The van der Waals surface area contributed by atoms with E-state index in [1.54, 1.807) is 5.38 Å². The van der Waals surface area contributed by atoms with Crippen LogP contribution in [-0.4, -0.2) is 29.0 Å². The molecule has 0 bridgehead atoms. The number of aromatic amines is 1. The van der Waals surface area contributed by atoms with E-state index < -0.39 is 5.97 Å². The molecule has 7 nitrogen and oxygen atoms in total. The van der Waals surface area contributed by atoms with Crippen molar-refractivity contribution in [2.45, 2.75) is 6.42 Å². The number of hydrogen-bond acceptors (Lipinski definition) is 6. The highest BCUT2D eigenvalue weighted by molar-refractivity contribution is 7.14. The molecule has 0 saturated heterocycles. The fourth-order valence-electron chi connectivity index (χ4n) is 1.39. The minimum absolute atomic E-state index is 0.0571. The zero-order valence-electron chi connectivity index (χ0n) is 10.5. The first-order valence-electron chi connectivity index (χ1n) is 5.60. The fourth-order valence-corrected chi connectivity index (χ4v) is 2.09. The fraction of sp³-hybridized carbons (Fsp3) is 0.167. The molecule has 104 valence electrons. The smallest absolute Gasteiger partial charge is 0.311 e. The van der Waals surface area contributed by atoms with Crippen molar-refractivity contribution in [3.63, 3.8) is 0 Å². The minimum atomic E-state index is -0.395. The molecule has 0 unspecified atom stereocenters. The average Bonchev–Trinajstić information content (AvgIpc) is 2.86. The van der Waals surface area contributed by atoms with Crippen LogP contribution in [0.15, 0.2) is 28.5 Å². The van der Waals surface area contributed by atoms with Crippen LogP contribution in [0.3, 0.4) is 0 Å². The van der Waals surface area contributed by atoms with Crippen molar-refractivity contribution in [1.82, 2.24) is 9.97 Å². The van der Waals surface area contributed by atoms with Gasteiger partial charge in [0, 0.05) is 17.6 Å². The number of carbonyl (C=O) groups excluding carboxylic acids is 2. The van der Waals surface area contributed by atoms with Crippen LogP contribution in [0, 0.1) is 0 Å². The van der Waals surface area contributed by atoms with Gasteiger partial charge in [-0.2, -0.15) is 0 Å². The van der Waals surface area contributed by atoms with Gasteiger partial charge in [0.2, 0.25) is 5.56 Å². The monoisotopic (exact) mass is 293 g/mol. The van der Waals surface area contributed by atoms with Crippen molar-refractivity contribution in [2.24, 2.45) is 0 Å². The molecule has 0 radical (unpaired) electrons. The van der Waals surface area contributed by atoms with Crippen LogP contribution in [0.2, 0.25) is 0 Å². The number of esters is 1. The Balaban J connectivity index is 2.03. The molecule has 0 aliphatic rings. The van der Waals surface area contributed by atoms with Crippen molar-refractivity contribution in [3.05, 3.63) is 45.3 Å². The zero-order chi connectivity index (χ0) is 14.5. The topological polar surface area (TPSA) is 101 Å². The molecule has 0 aromatic carbocycles. The van der Waals surface area contributed by atoms with E-state index in [4.69, 9.17) is 0 Å². The molecule has 2 rings (SSSR count). The minimum Gasteiger partial charge on any atom is -0.469 e. The molecule has 2 N–H and O–H groups in total. The van der Waals surface area contributed by atoms with Crippen molar-refractivity contribution in [1.29, 1.82) is 0 Å². The molecular formula is C12H11N3O4S. The predicted molar refractivity (Wildman–Crippen MR) is 72.8 cm³/mol. The van der Waals surface area contributed by atoms with Crippen molar-refractivity contribution in [2.75, 3.05) is 12.4 Å². The predicted octanol–water partition coefficient (Wildman–Crippen LogP) is 0.799. The van der Waals surface area contributed by atoms with Crippen LogP contribution in [0.1, 0.15) is 16.1 Å². The van der Waals surface area contributed by atoms with E-state index in [-0.39, 0.29) is 17.9 Å². The molecule has 20 heavy (non-hydrogen) atoms. The molecule has 2 heterocycles. The Labute approximate surface area is 117 Å². The number of amides is 1. The number of pyridine rings is 1. The maximum absolute atomic E-state index is 11.9. The number of aromatic nitrogens is 2. The Morgan fingerprint density at radius 2 is 2.25 bits per heavy atom. The number of nitrogens with one attached hydrogen (secondary N) is 2. The van der Waals surface area contributed by atoms with Crippen LogP contribution in [0.25, 0.3) is 0 Å². The first-order valence-corrected chi connectivity index (χ1v) is 6.48. The highest BCUT2D eigenvalue weighted by Crippen LogP contribution is 2.16. The largest absolute Gasteiger partial charge is 0.469 e. The lowest BCUT2D eigenvalue weighted by atomic mass is 10.3. The van der Waals surface area contributed by atoms with Gasteiger partial charge in [0.15, 0.2) is 5.13 Å². The summed E-state index contributed by atoms with van der Waals surface area (Å²) in [6.07, 6.45) is 1.38.